The highest BCUT2D eigenvalue weighted by atomic mass is 35.5. The van der Waals surface area contributed by atoms with Crippen molar-refractivity contribution in [1.82, 2.24) is 5.32 Å². The minimum absolute atomic E-state index is 0.00682. The highest BCUT2D eigenvalue weighted by Crippen LogP contribution is 2.53. The van der Waals surface area contributed by atoms with Crippen molar-refractivity contribution in [2.75, 3.05) is 24.6 Å². The number of ether oxygens (including phenoxy) is 1. The fourth-order valence-electron chi connectivity index (χ4n) is 2.54. The number of benzene rings is 1. The lowest BCUT2D eigenvalue weighted by molar-refractivity contribution is 0.0484. The van der Waals surface area contributed by atoms with Gasteiger partial charge in [0.15, 0.2) is 0 Å². The number of urea groups is 1. The van der Waals surface area contributed by atoms with E-state index in [-0.39, 0.29) is 18.6 Å². The van der Waals surface area contributed by atoms with Crippen LogP contribution >= 0.6 is 23.2 Å². The molecule has 1 N–H and O–H groups in total. The molecule has 1 aliphatic heterocycles. The number of hydrogen-bond donors (Lipinski definition) is 1. The van der Waals surface area contributed by atoms with Crippen LogP contribution in [0.4, 0.5) is 10.5 Å². The molecule has 1 aromatic carbocycles. The predicted molar refractivity (Wildman–Crippen MR) is 84.8 cm³/mol. The molecule has 0 aromatic heterocycles. The van der Waals surface area contributed by atoms with Crippen LogP contribution in [0.2, 0.25) is 0 Å². The minimum Gasteiger partial charge on any atom is -0.462 e. The second-order valence-electron chi connectivity index (χ2n) is 5.59. The van der Waals surface area contributed by atoms with Crippen molar-refractivity contribution in [2.45, 2.75) is 17.7 Å². The van der Waals surface area contributed by atoms with Gasteiger partial charge in [-0.15, -0.1) is 23.2 Å². The zero-order valence-corrected chi connectivity index (χ0v) is 13.6. The Hall–Kier alpha value is -1.46. The maximum Gasteiger partial charge on any atom is 0.338 e. The molecule has 118 valence electrons. The molecule has 2 aliphatic rings. The molecule has 1 aromatic rings. The van der Waals surface area contributed by atoms with Gasteiger partial charge in [-0.3, -0.25) is 4.90 Å². The number of esters is 1. The van der Waals surface area contributed by atoms with Crippen LogP contribution in [0.3, 0.4) is 0 Å². The molecule has 1 saturated carbocycles. The second kappa shape index (κ2) is 5.63. The molecule has 2 amide bonds. The zero-order chi connectivity index (χ0) is 15.9. The summed E-state index contributed by atoms with van der Waals surface area (Å²) in [5, 5.41) is 2.74. The molecule has 2 fully saturated rings. The van der Waals surface area contributed by atoms with Gasteiger partial charge >= 0.3 is 12.0 Å². The third kappa shape index (κ3) is 2.88. The average molecular weight is 343 g/mol. The molecule has 1 saturated heterocycles. The summed E-state index contributed by atoms with van der Waals surface area (Å²) in [6.07, 6.45) is 0.635. The van der Waals surface area contributed by atoms with Crippen molar-refractivity contribution in [1.29, 1.82) is 0 Å². The summed E-state index contributed by atoms with van der Waals surface area (Å²) >= 11 is 11.8. The molecule has 0 unspecified atom stereocenters. The first-order valence-corrected chi connectivity index (χ1v) is 7.85. The van der Waals surface area contributed by atoms with Crippen molar-refractivity contribution in [3.8, 4) is 0 Å². The molecule has 5 nitrogen and oxygen atoms in total. The molecule has 1 aliphatic carbocycles. The van der Waals surface area contributed by atoms with Crippen LogP contribution in [-0.2, 0) is 4.74 Å². The number of rotatable bonds is 4. The van der Waals surface area contributed by atoms with Crippen molar-refractivity contribution >= 4 is 40.9 Å². The van der Waals surface area contributed by atoms with Crippen LogP contribution in [0.25, 0.3) is 0 Å². The molecular formula is C15H16Cl2N2O3. The van der Waals surface area contributed by atoms with E-state index in [4.69, 9.17) is 27.9 Å². The minimum atomic E-state index is -0.759. The van der Waals surface area contributed by atoms with E-state index < -0.39 is 10.3 Å². The number of nitrogens with one attached hydrogen (secondary N) is 1. The van der Waals surface area contributed by atoms with Crippen LogP contribution in [0.5, 0.6) is 0 Å². The summed E-state index contributed by atoms with van der Waals surface area (Å²) in [6.45, 7) is 3.20. The fourth-order valence-corrected chi connectivity index (χ4v) is 3.04. The van der Waals surface area contributed by atoms with Crippen molar-refractivity contribution < 1.29 is 14.3 Å². The van der Waals surface area contributed by atoms with E-state index in [1.807, 2.05) is 13.0 Å². The van der Waals surface area contributed by atoms with E-state index in [0.29, 0.717) is 25.1 Å². The van der Waals surface area contributed by atoms with Crippen molar-refractivity contribution in [2.24, 2.45) is 5.92 Å². The van der Waals surface area contributed by atoms with Gasteiger partial charge in [0.05, 0.1) is 12.2 Å². The molecule has 1 heterocycles. The maximum absolute atomic E-state index is 12.2. The number of nitrogens with zero attached hydrogens (tertiary/aromatic N) is 1. The highest BCUT2D eigenvalue weighted by molar-refractivity contribution is 6.50. The quantitative estimate of drug-likeness (QED) is 0.676. The summed E-state index contributed by atoms with van der Waals surface area (Å²) in [5.74, 6) is -0.428. The number of anilines is 1. The summed E-state index contributed by atoms with van der Waals surface area (Å²) in [4.78, 5) is 25.6. The Bertz CT molecular complexity index is 633. The summed E-state index contributed by atoms with van der Waals surface area (Å²) < 4.78 is 4.53. The zero-order valence-electron chi connectivity index (χ0n) is 12.1. The Morgan fingerprint density at radius 1 is 1.50 bits per heavy atom. The standard InChI is InChI=1S/C15H16Cl2N2O3/c1-9-11(13(20)22-8-10-7-15(10,16)17)3-2-4-12(9)19-6-5-18-14(19)21/h2-4,10H,5-8H2,1H3,(H,18,21)/t10-/m0/s1. The maximum atomic E-state index is 12.2. The lowest BCUT2D eigenvalue weighted by Crippen LogP contribution is -2.28. The Morgan fingerprint density at radius 3 is 2.82 bits per heavy atom. The van der Waals surface area contributed by atoms with Gasteiger partial charge in [0.25, 0.3) is 0 Å². The fraction of sp³-hybridized carbons (Fsp3) is 0.467. The third-order valence-corrected chi connectivity index (χ3v) is 4.97. The molecular weight excluding hydrogens is 327 g/mol. The van der Waals surface area contributed by atoms with Crippen LogP contribution < -0.4 is 10.2 Å². The summed E-state index contributed by atoms with van der Waals surface area (Å²) in [6, 6.07) is 5.10. The van der Waals surface area contributed by atoms with Gasteiger partial charge in [-0.2, -0.15) is 0 Å². The number of carbonyl (C=O) groups excluding carboxylic acids is 2. The van der Waals surface area contributed by atoms with Gasteiger partial charge in [0, 0.05) is 24.7 Å². The lowest BCUT2D eigenvalue weighted by Gasteiger charge is -2.18. The first-order valence-electron chi connectivity index (χ1n) is 7.10. The summed E-state index contributed by atoms with van der Waals surface area (Å²) in [7, 11) is 0. The number of halogens is 2. The molecule has 1 atom stereocenters. The van der Waals surface area contributed by atoms with E-state index in [2.05, 4.69) is 5.32 Å². The van der Waals surface area contributed by atoms with E-state index >= 15 is 0 Å². The Balaban J connectivity index is 1.73. The van der Waals surface area contributed by atoms with Gasteiger partial charge in [-0.05, 0) is 31.0 Å². The SMILES string of the molecule is Cc1c(C(=O)OC[C@@H]2CC2(Cl)Cl)cccc1N1CCNC1=O. The topological polar surface area (TPSA) is 58.6 Å². The van der Waals surface area contributed by atoms with E-state index in [9.17, 15) is 9.59 Å². The van der Waals surface area contributed by atoms with Crippen LogP contribution in [0, 0.1) is 12.8 Å². The van der Waals surface area contributed by atoms with Crippen molar-refractivity contribution in [3.05, 3.63) is 29.3 Å². The molecule has 22 heavy (non-hydrogen) atoms. The molecule has 0 radical (unpaired) electrons. The Morgan fingerprint density at radius 2 is 2.23 bits per heavy atom. The third-order valence-electron chi connectivity index (χ3n) is 4.04. The molecule has 0 bridgehead atoms. The normalized spacial score (nSPS) is 22.4. The first kappa shape index (κ1) is 15.4. The molecule has 3 rings (SSSR count). The highest BCUT2D eigenvalue weighted by Gasteiger charge is 2.52. The van der Waals surface area contributed by atoms with Crippen LogP contribution in [-0.4, -0.2) is 36.0 Å². The van der Waals surface area contributed by atoms with E-state index in [0.717, 1.165) is 11.3 Å². The van der Waals surface area contributed by atoms with E-state index in [1.165, 1.54) is 0 Å². The number of alkyl halides is 2. The number of hydrogen-bond acceptors (Lipinski definition) is 3. The van der Waals surface area contributed by atoms with Crippen LogP contribution in [0.1, 0.15) is 22.3 Å². The predicted octanol–water partition coefficient (Wildman–Crippen LogP) is 2.88. The monoisotopic (exact) mass is 342 g/mol. The second-order valence-corrected chi connectivity index (χ2v) is 7.14. The van der Waals surface area contributed by atoms with Gasteiger partial charge in [0.2, 0.25) is 0 Å². The van der Waals surface area contributed by atoms with Gasteiger partial charge < -0.3 is 10.1 Å². The molecule has 0 spiro atoms. The van der Waals surface area contributed by atoms with Crippen LogP contribution in [0.15, 0.2) is 18.2 Å². The van der Waals surface area contributed by atoms with E-state index in [1.54, 1.807) is 17.0 Å². The Kier molecular flexibility index (Phi) is 3.95. The first-order chi connectivity index (χ1) is 10.4. The number of carbonyl (C=O) groups is 2. The lowest BCUT2D eigenvalue weighted by atomic mass is 10.1. The number of amides is 2. The largest absolute Gasteiger partial charge is 0.462 e. The molecule has 7 heteroatoms. The van der Waals surface area contributed by atoms with Gasteiger partial charge in [-0.1, -0.05) is 6.07 Å². The van der Waals surface area contributed by atoms with Crippen molar-refractivity contribution in [3.63, 3.8) is 0 Å². The average Bonchev–Trinajstić information content (AvgIpc) is 2.87. The van der Waals surface area contributed by atoms with Gasteiger partial charge in [-0.25, -0.2) is 9.59 Å². The summed E-state index contributed by atoms with van der Waals surface area (Å²) in [5.41, 5.74) is 1.90. The van der Waals surface area contributed by atoms with Gasteiger partial charge in [0.1, 0.15) is 4.33 Å². The smallest absolute Gasteiger partial charge is 0.338 e. The Labute approximate surface area is 138 Å².